The van der Waals surface area contributed by atoms with Crippen LogP contribution in [0, 0.1) is 0 Å². The number of fused-ring (bicyclic) bond motifs is 2. The van der Waals surface area contributed by atoms with Crippen molar-refractivity contribution in [3.63, 3.8) is 0 Å². The Kier molecular flexibility index (Phi) is 3.58. The molecule has 2 aromatic heterocycles. The van der Waals surface area contributed by atoms with Crippen LogP contribution in [0.15, 0.2) is 18.6 Å². The van der Waals surface area contributed by atoms with E-state index >= 15 is 0 Å². The number of aromatic nitrogens is 3. The highest BCUT2D eigenvalue weighted by atomic mass is 79.9. The standard InChI is InChI=1S/C14H17BrN4O4/c1-14(2)22-9-8(5-20-15)21-13(10(9)23-14)19-4-3-7-11(16)17-6-18-12(7)19/h3-4,6,8-10,13H,5H2,1-2H3,(H2,16,17,18)/t8-,9-,10-,13-/m1/s1. The van der Waals surface area contributed by atoms with Gasteiger partial charge in [-0.2, -0.15) is 0 Å². The Labute approximate surface area is 141 Å². The van der Waals surface area contributed by atoms with Gasteiger partial charge in [-0.15, -0.1) is 0 Å². The fourth-order valence-electron chi connectivity index (χ4n) is 3.28. The molecule has 0 spiro atoms. The highest BCUT2D eigenvalue weighted by molar-refractivity contribution is 9.06. The van der Waals surface area contributed by atoms with Crippen LogP contribution in [0.3, 0.4) is 0 Å². The Balaban J connectivity index is 1.74. The largest absolute Gasteiger partial charge is 0.383 e. The zero-order chi connectivity index (χ0) is 16.2. The lowest BCUT2D eigenvalue weighted by atomic mass is 10.1. The molecule has 8 nitrogen and oxygen atoms in total. The summed E-state index contributed by atoms with van der Waals surface area (Å²) in [7, 11) is 0. The van der Waals surface area contributed by atoms with E-state index in [1.807, 2.05) is 30.7 Å². The van der Waals surface area contributed by atoms with Gasteiger partial charge in [0, 0.05) is 6.20 Å². The molecule has 2 N–H and O–H groups in total. The van der Waals surface area contributed by atoms with Gasteiger partial charge in [0.1, 0.15) is 36.1 Å². The summed E-state index contributed by atoms with van der Waals surface area (Å²) in [5.74, 6) is -0.230. The molecule has 2 aliphatic rings. The molecule has 124 valence electrons. The maximum absolute atomic E-state index is 6.11. The Bertz CT molecular complexity index is 737. The molecule has 0 aromatic carbocycles. The minimum absolute atomic E-state index is 0.218. The van der Waals surface area contributed by atoms with Gasteiger partial charge in [-0.1, -0.05) is 0 Å². The van der Waals surface area contributed by atoms with Crippen LogP contribution in [0.25, 0.3) is 11.0 Å². The van der Waals surface area contributed by atoms with Crippen LogP contribution in [0.1, 0.15) is 20.1 Å². The highest BCUT2D eigenvalue weighted by Gasteiger charge is 2.56. The second-order valence-electron chi connectivity index (χ2n) is 6.12. The minimum atomic E-state index is -0.668. The maximum Gasteiger partial charge on any atom is 0.164 e. The van der Waals surface area contributed by atoms with E-state index in [0.717, 1.165) is 5.39 Å². The first kappa shape index (κ1) is 15.3. The lowest BCUT2D eigenvalue weighted by Gasteiger charge is -2.24. The van der Waals surface area contributed by atoms with Crippen LogP contribution in [-0.4, -0.2) is 45.2 Å². The molecule has 23 heavy (non-hydrogen) atoms. The SMILES string of the molecule is CC1(C)O[C@@H]2[C@H](O1)[C@@H](COBr)O[C@H]2n1ccc2c(N)ncnc21. The number of hydrogen-bond donors (Lipinski definition) is 1. The van der Waals surface area contributed by atoms with Crippen LogP contribution in [0.5, 0.6) is 0 Å². The summed E-state index contributed by atoms with van der Waals surface area (Å²) in [5.41, 5.74) is 6.61. The van der Waals surface area contributed by atoms with Gasteiger partial charge < -0.3 is 28.3 Å². The first-order valence-corrected chi connectivity index (χ1v) is 7.96. The number of rotatable bonds is 3. The van der Waals surface area contributed by atoms with E-state index in [1.165, 1.54) is 6.33 Å². The van der Waals surface area contributed by atoms with Gasteiger partial charge in [0.05, 0.1) is 28.3 Å². The molecule has 4 rings (SSSR count). The van der Waals surface area contributed by atoms with Gasteiger partial charge in [0.15, 0.2) is 12.0 Å². The van der Waals surface area contributed by atoms with Crippen molar-refractivity contribution in [3.05, 3.63) is 18.6 Å². The molecule has 0 aliphatic carbocycles. The first-order valence-electron chi connectivity index (χ1n) is 7.32. The third kappa shape index (κ3) is 2.43. The van der Waals surface area contributed by atoms with E-state index < -0.39 is 5.79 Å². The van der Waals surface area contributed by atoms with E-state index in [2.05, 4.69) is 26.2 Å². The Morgan fingerprint density at radius 1 is 1.35 bits per heavy atom. The summed E-state index contributed by atoms with van der Waals surface area (Å²) in [6, 6.07) is 1.87. The van der Waals surface area contributed by atoms with Crippen molar-refractivity contribution in [1.29, 1.82) is 0 Å². The molecule has 2 aromatic rings. The number of nitrogens with zero attached hydrogens (tertiary/aromatic N) is 3. The van der Waals surface area contributed by atoms with Gasteiger partial charge in [-0.25, -0.2) is 9.97 Å². The normalized spacial score (nSPS) is 32.5. The number of nitrogens with two attached hydrogens (primary N) is 1. The Hall–Kier alpha value is -1.26. The van der Waals surface area contributed by atoms with E-state index in [9.17, 15) is 0 Å². The zero-order valence-electron chi connectivity index (χ0n) is 12.7. The number of ether oxygens (including phenoxy) is 3. The predicted octanol–water partition coefficient (Wildman–Crippen LogP) is 1.76. The molecular formula is C14H17BrN4O4. The lowest BCUT2D eigenvalue weighted by molar-refractivity contribution is -0.198. The van der Waals surface area contributed by atoms with Crippen molar-refractivity contribution >= 4 is 33.1 Å². The van der Waals surface area contributed by atoms with Crippen LogP contribution in [-0.2, 0) is 18.0 Å². The number of nitrogen functional groups attached to an aromatic ring is 1. The van der Waals surface area contributed by atoms with Crippen LogP contribution < -0.4 is 5.73 Å². The van der Waals surface area contributed by atoms with Gasteiger partial charge >= 0.3 is 0 Å². The topological polar surface area (TPSA) is 93.7 Å². The van der Waals surface area contributed by atoms with E-state index in [1.54, 1.807) is 0 Å². The van der Waals surface area contributed by atoms with Gasteiger partial charge in [0.25, 0.3) is 0 Å². The van der Waals surface area contributed by atoms with Gasteiger partial charge in [-0.05, 0) is 19.9 Å². The summed E-state index contributed by atoms with van der Waals surface area (Å²) in [6.07, 6.45) is 2.22. The summed E-state index contributed by atoms with van der Waals surface area (Å²) < 4.78 is 25.1. The monoisotopic (exact) mass is 384 g/mol. The van der Waals surface area contributed by atoms with E-state index in [0.29, 0.717) is 18.1 Å². The van der Waals surface area contributed by atoms with Gasteiger partial charge in [0.2, 0.25) is 0 Å². The van der Waals surface area contributed by atoms with Crippen molar-refractivity contribution in [2.24, 2.45) is 0 Å². The highest BCUT2D eigenvalue weighted by Crippen LogP contribution is 2.44. The van der Waals surface area contributed by atoms with Crippen molar-refractivity contribution in [2.45, 2.75) is 44.2 Å². The second kappa shape index (κ2) is 5.38. The van der Waals surface area contributed by atoms with Gasteiger partial charge in [-0.3, -0.25) is 0 Å². The summed E-state index contributed by atoms with van der Waals surface area (Å²) >= 11 is 2.98. The molecule has 2 saturated heterocycles. The molecule has 2 fully saturated rings. The molecule has 0 bridgehead atoms. The second-order valence-corrected chi connectivity index (χ2v) is 6.58. The maximum atomic E-state index is 6.11. The molecule has 2 aliphatic heterocycles. The predicted molar refractivity (Wildman–Crippen MR) is 84.6 cm³/mol. The lowest BCUT2D eigenvalue weighted by Crippen LogP contribution is -2.32. The third-order valence-electron chi connectivity index (χ3n) is 4.17. The van der Waals surface area contributed by atoms with Crippen LogP contribution in [0.4, 0.5) is 5.82 Å². The van der Waals surface area contributed by atoms with E-state index in [-0.39, 0.29) is 24.5 Å². The minimum Gasteiger partial charge on any atom is -0.383 e. The Morgan fingerprint density at radius 3 is 2.91 bits per heavy atom. The van der Waals surface area contributed by atoms with Crippen molar-refractivity contribution in [1.82, 2.24) is 14.5 Å². The molecule has 0 unspecified atom stereocenters. The molecule has 0 radical (unpaired) electrons. The van der Waals surface area contributed by atoms with Crippen LogP contribution in [0.2, 0.25) is 0 Å². The fourth-order valence-corrected chi connectivity index (χ4v) is 3.54. The molecule has 4 atom stereocenters. The number of anilines is 1. The number of hydrogen-bond acceptors (Lipinski definition) is 7. The smallest absolute Gasteiger partial charge is 0.164 e. The molecule has 9 heteroatoms. The Morgan fingerprint density at radius 2 is 2.13 bits per heavy atom. The summed E-state index contributed by atoms with van der Waals surface area (Å²) in [4.78, 5) is 8.33. The molecule has 4 heterocycles. The first-order chi connectivity index (χ1) is 11.0. The van der Waals surface area contributed by atoms with Crippen molar-refractivity contribution in [3.8, 4) is 0 Å². The third-order valence-corrected chi connectivity index (χ3v) is 4.43. The fraction of sp³-hybridized carbons (Fsp3) is 0.571. The molecule has 0 saturated carbocycles. The average Bonchev–Trinajstić information content (AvgIpc) is 3.13. The van der Waals surface area contributed by atoms with E-state index in [4.69, 9.17) is 23.8 Å². The number of halogens is 1. The summed E-state index contributed by atoms with van der Waals surface area (Å²) in [6.45, 7) is 4.14. The molecular weight excluding hydrogens is 368 g/mol. The molecule has 0 amide bonds. The van der Waals surface area contributed by atoms with Crippen molar-refractivity contribution in [2.75, 3.05) is 12.3 Å². The zero-order valence-corrected chi connectivity index (χ0v) is 14.3. The summed E-state index contributed by atoms with van der Waals surface area (Å²) in [5, 5.41) is 0.783. The van der Waals surface area contributed by atoms with Crippen molar-refractivity contribution < 1.29 is 18.0 Å². The van der Waals surface area contributed by atoms with Crippen LogP contribution >= 0.6 is 16.3 Å². The average molecular weight is 385 g/mol. The quantitative estimate of drug-likeness (QED) is 0.861.